The van der Waals surface area contributed by atoms with Gasteiger partial charge in [0.15, 0.2) is 5.25 Å². The summed E-state index contributed by atoms with van der Waals surface area (Å²) in [4.78, 5) is 27.6. The molecular weight excluding hydrogens is 460 g/mol. The van der Waals surface area contributed by atoms with Crippen molar-refractivity contribution in [2.24, 2.45) is 0 Å². The highest BCUT2D eigenvalue weighted by molar-refractivity contribution is 8.01. The number of rotatable bonds is 4. The molecule has 32 heavy (non-hydrogen) atoms. The zero-order chi connectivity index (χ0) is 22.9. The van der Waals surface area contributed by atoms with E-state index in [4.69, 9.17) is 0 Å². The first-order valence-corrected chi connectivity index (χ1v) is 12.5. The lowest BCUT2D eigenvalue weighted by Crippen LogP contribution is -2.45. The highest BCUT2D eigenvalue weighted by atomic mass is 32.2. The topological polar surface area (TPSA) is 95.6 Å². The molecule has 4 rings (SSSR count). The minimum atomic E-state index is -4.20. The first-order chi connectivity index (χ1) is 15.2. The second kappa shape index (κ2) is 9.07. The zero-order valence-corrected chi connectivity index (χ0v) is 18.6. The van der Waals surface area contributed by atoms with Crippen molar-refractivity contribution in [1.82, 2.24) is 4.90 Å². The lowest BCUT2D eigenvalue weighted by Gasteiger charge is -2.28. The summed E-state index contributed by atoms with van der Waals surface area (Å²) >= 11 is 1.08. The number of thioether (sulfide) groups is 1. The van der Waals surface area contributed by atoms with Crippen molar-refractivity contribution in [3.05, 3.63) is 48.0 Å². The first-order valence-electron chi connectivity index (χ1n) is 10.1. The molecule has 0 unspecified atom stereocenters. The van der Waals surface area contributed by atoms with Crippen LogP contribution in [0, 0.1) is 11.6 Å². The number of nitrogens with zero attached hydrogens (tertiary/aromatic N) is 1. The van der Waals surface area contributed by atoms with Crippen LogP contribution in [0.15, 0.2) is 46.2 Å². The SMILES string of the molecule is O=C1Nc2cc(S(=O)(=O)Nc3ccc(F)cc3F)ccc2S[C@@H]1C(=O)N1CCCCCC1. The third kappa shape index (κ3) is 4.73. The number of hydrogen-bond donors (Lipinski definition) is 2. The van der Waals surface area contributed by atoms with Gasteiger partial charge in [-0.1, -0.05) is 12.8 Å². The number of nitrogens with one attached hydrogen (secondary N) is 2. The molecule has 2 heterocycles. The number of benzene rings is 2. The van der Waals surface area contributed by atoms with Crippen molar-refractivity contribution in [1.29, 1.82) is 0 Å². The molecule has 2 aromatic rings. The fourth-order valence-corrected chi connectivity index (χ4v) is 5.80. The van der Waals surface area contributed by atoms with Gasteiger partial charge in [0.05, 0.1) is 16.3 Å². The molecule has 11 heteroatoms. The molecule has 0 bridgehead atoms. The van der Waals surface area contributed by atoms with Crippen molar-refractivity contribution in [3.63, 3.8) is 0 Å². The average molecular weight is 482 g/mol. The van der Waals surface area contributed by atoms with Crippen LogP contribution >= 0.6 is 11.8 Å². The number of carbonyl (C=O) groups is 2. The van der Waals surface area contributed by atoms with Gasteiger partial charge in [-0.25, -0.2) is 17.2 Å². The van der Waals surface area contributed by atoms with Gasteiger partial charge in [0.2, 0.25) is 11.8 Å². The summed E-state index contributed by atoms with van der Waals surface area (Å²) in [6, 6.07) is 6.54. The Kier molecular flexibility index (Phi) is 6.38. The Morgan fingerprint density at radius 2 is 1.78 bits per heavy atom. The summed E-state index contributed by atoms with van der Waals surface area (Å²) in [6.07, 6.45) is 3.93. The molecule has 2 aromatic carbocycles. The van der Waals surface area contributed by atoms with E-state index in [-0.39, 0.29) is 16.5 Å². The van der Waals surface area contributed by atoms with Crippen LogP contribution < -0.4 is 10.0 Å². The first kappa shape index (κ1) is 22.5. The molecule has 7 nitrogen and oxygen atoms in total. The Labute approximate surface area is 188 Å². The van der Waals surface area contributed by atoms with Crippen LogP contribution in [-0.2, 0) is 19.6 Å². The zero-order valence-electron chi connectivity index (χ0n) is 16.9. The molecule has 0 radical (unpaired) electrons. The largest absolute Gasteiger partial charge is 0.341 e. The third-order valence-corrected chi connectivity index (χ3v) is 7.94. The number of fused-ring (bicyclic) bond motifs is 1. The molecule has 2 aliphatic heterocycles. The summed E-state index contributed by atoms with van der Waals surface area (Å²) in [5.41, 5.74) is -0.145. The molecule has 0 aliphatic carbocycles. The van der Waals surface area contributed by atoms with Gasteiger partial charge in [-0.2, -0.15) is 0 Å². The molecular formula is C21H21F2N3O4S2. The lowest BCUT2D eigenvalue weighted by atomic mass is 10.2. The average Bonchev–Trinajstić information content (AvgIpc) is 3.04. The molecule has 1 atom stereocenters. The van der Waals surface area contributed by atoms with Crippen molar-refractivity contribution in [2.45, 2.75) is 40.7 Å². The Balaban J connectivity index is 1.53. The molecule has 0 aromatic heterocycles. The Hall–Kier alpha value is -2.66. The summed E-state index contributed by atoms with van der Waals surface area (Å²) in [7, 11) is -4.20. The van der Waals surface area contributed by atoms with Crippen LogP contribution in [0.1, 0.15) is 25.7 Å². The van der Waals surface area contributed by atoms with Crippen LogP contribution in [0.2, 0.25) is 0 Å². The molecule has 0 saturated carbocycles. The maximum absolute atomic E-state index is 13.9. The number of hydrogen-bond acceptors (Lipinski definition) is 5. The van der Waals surface area contributed by atoms with Crippen molar-refractivity contribution in [2.75, 3.05) is 23.1 Å². The van der Waals surface area contributed by atoms with Gasteiger partial charge in [0, 0.05) is 24.1 Å². The normalized spacial score (nSPS) is 19.0. The van der Waals surface area contributed by atoms with E-state index in [9.17, 15) is 26.8 Å². The van der Waals surface area contributed by atoms with Crippen LogP contribution in [0.25, 0.3) is 0 Å². The Morgan fingerprint density at radius 1 is 1.06 bits per heavy atom. The lowest BCUT2D eigenvalue weighted by molar-refractivity contribution is -0.133. The van der Waals surface area contributed by atoms with Gasteiger partial charge in [-0.05, 0) is 43.2 Å². The molecule has 170 valence electrons. The molecule has 2 aliphatic rings. The summed E-state index contributed by atoms with van der Waals surface area (Å²) < 4.78 is 54.3. The smallest absolute Gasteiger partial charge is 0.262 e. The molecule has 2 N–H and O–H groups in total. The highest BCUT2D eigenvalue weighted by Gasteiger charge is 2.36. The van der Waals surface area contributed by atoms with E-state index in [1.165, 1.54) is 18.2 Å². The summed E-state index contributed by atoms with van der Waals surface area (Å²) in [5, 5.41) is 1.68. The number of carbonyl (C=O) groups excluding carboxylic acids is 2. The van der Waals surface area contributed by atoms with Crippen molar-refractivity contribution >= 4 is 45.0 Å². The second-order valence-electron chi connectivity index (χ2n) is 7.61. The van der Waals surface area contributed by atoms with Gasteiger partial charge in [0.25, 0.3) is 10.0 Å². The van der Waals surface area contributed by atoms with Gasteiger partial charge in [-0.15, -0.1) is 11.8 Å². The minimum absolute atomic E-state index is 0.210. The van der Waals surface area contributed by atoms with Gasteiger partial charge >= 0.3 is 0 Å². The van der Waals surface area contributed by atoms with E-state index >= 15 is 0 Å². The predicted octanol–water partition coefficient (Wildman–Crippen LogP) is 3.58. The second-order valence-corrected chi connectivity index (χ2v) is 10.4. The van der Waals surface area contributed by atoms with Gasteiger partial charge in [-0.3, -0.25) is 14.3 Å². The van der Waals surface area contributed by atoms with Crippen LogP contribution in [-0.4, -0.2) is 43.5 Å². The number of sulfonamides is 1. The van der Waals surface area contributed by atoms with E-state index < -0.39 is 38.5 Å². The standard InChI is InChI=1S/C21H21F2N3O4S2/c22-13-5-7-16(15(23)11-13)25-32(29,30)14-6-8-18-17(12-14)24-20(27)19(31-18)21(28)26-9-3-1-2-4-10-26/h5-8,11-12,19,25H,1-4,9-10H2,(H,24,27)/t19-/m0/s1. The van der Waals surface area contributed by atoms with Crippen LogP contribution in [0.4, 0.5) is 20.2 Å². The number of amides is 2. The summed E-state index contributed by atoms with van der Waals surface area (Å²) in [6.45, 7) is 1.25. The quantitative estimate of drug-likeness (QED) is 0.651. The van der Waals surface area contributed by atoms with E-state index in [1.54, 1.807) is 4.90 Å². The van der Waals surface area contributed by atoms with E-state index in [0.717, 1.165) is 49.6 Å². The predicted molar refractivity (Wildman–Crippen MR) is 117 cm³/mol. The Bertz CT molecular complexity index is 1170. The van der Waals surface area contributed by atoms with Crippen molar-refractivity contribution in [3.8, 4) is 0 Å². The molecule has 0 spiro atoms. The molecule has 1 fully saturated rings. The Morgan fingerprint density at radius 3 is 2.47 bits per heavy atom. The van der Waals surface area contributed by atoms with E-state index in [2.05, 4.69) is 10.0 Å². The fourth-order valence-electron chi connectivity index (χ4n) is 3.65. The van der Waals surface area contributed by atoms with Crippen molar-refractivity contribution < 1.29 is 26.8 Å². The maximum Gasteiger partial charge on any atom is 0.262 e. The van der Waals surface area contributed by atoms with E-state index in [1.807, 2.05) is 0 Å². The number of likely N-dealkylation sites (tertiary alicyclic amines) is 1. The van der Waals surface area contributed by atoms with E-state index in [0.29, 0.717) is 24.1 Å². The number of halogens is 2. The van der Waals surface area contributed by atoms with Crippen LogP contribution in [0.3, 0.4) is 0 Å². The third-order valence-electron chi connectivity index (χ3n) is 5.32. The fraction of sp³-hybridized carbons (Fsp3) is 0.333. The number of anilines is 2. The molecule has 1 saturated heterocycles. The van der Waals surface area contributed by atoms with Crippen LogP contribution in [0.5, 0.6) is 0 Å². The maximum atomic E-state index is 13.9. The monoisotopic (exact) mass is 481 g/mol. The highest BCUT2D eigenvalue weighted by Crippen LogP contribution is 2.38. The van der Waals surface area contributed by atoms with Gasteiger partial charge in [0.1, 0.15) is 11.6 Å². The summed E-state index contributed by atoms with van der Waals surface area (Å²) in [5.74, 6) is -2.64. The van der Waals surface area contributed by atoms with Gasteiger partial charge < -0.3 is 10.2 Å². The minimum Gasteiger partial charge on any atom is -0.341 e. The molecule has 2 amide bonds.